The van der Waals surface area contributed by atoms with Gasteiger partial charge in [-0.15, -0.1) is 0 Å². The second-order valence-corrected chi connectivity index (χ2v) is 19.2. The van der Waals surface area contributed by atoms with Gasteiger partial charge in [-0.3, -0.25) is 0 Å². The van der Waals surface area contributed by atoms with Crippen molar-refractivity contribution in [2.45, 2.75) is 175 Å². The molecule has 61 heavy (non-hydrogen) atoms. The van der Waals surface area contributed by atoms with Crippen LogP contribution in [0.4, 0.5) is 0 Å². The van der Waals surface area contributed by atoms with E-state index in [1.54, 1.807) is 13.0 Å². The van der Waals surface area contributed by atoms with Crippen LogP contribution < -0.4 is 0 Å². The summed E-state index contributed by atoms with van der Waals surface area (Å²) < 4.78 is 46.7. The Balaban J connectivity index is 0.888. The van der Waals surface area contributed by atoms with Gasteiger partial charge < -0.3 is 88.6 Å². The highest BCUT2D eigenvalue weighted by Crippen LogP contribution is 2.70. The van der Waals surface area contributed by atoms with Crippen molar-refractivity contribution in [1.29, 1.82) is 0 Å². The Kier molecular flexibility index (Phi) is 12.9. The second-order valence-electron chi connectivity index (χ2n) is 19.2. The molecule has 22 atom stereocenters. The van der Waals surface area contributed by atoms with E-state index in [-0.39, 0.29) is 43.2 Å². The SMILES string of the molecule is COC1CC(OC2CCC3(C=O)C4CCC5(C)C(C6=CC(=O)OC6)CCC5(O)C4CCC3(O)C2)OC(C)C1OC1OC(COC2OC(O)C(O)C(O)C2CO)C(O)C(O)C1O. The van der Waals surface area contributed by atoms with Gasteiger partial charge in [0.15, 0.2) is 25.2 Å². The van der Waals surface area contributed by atoms with Gasteiger partial charge in [0.25, 0.3) is 0 Å². The van der Waals surface area contributed by atoms with E-state index < -0.39 is 127 Å². The second kappa shape index (κ2) is 17.2. The van der Waals surface area contributed by atoms with E-state index in [9.17, 15) is 55.5 Å². The summed E-state index contributed by atoms with van der Waals surface area (Å²) in [5.41, 5.74) is -3.06. The molecule has 3 saturated heterocycles. The molecule has 9 N–H and O–H groups in total. The maximum atomic E-state index is 13.3. The van der Waals surface area contributed by atoms with Gasteiger partial charge in [-0.1, -0.05) is 6.92 Å². The molecule has 0 spiro atoms. The molecule has 4 saturated carbocycles. The third kappa shape index (κ3) is 7.55. The number of rotatable bonds is 11. The zero-order valence-electron chi connectivity index (χ0n) is 34.8. The molecule has 19 nitrogen and oxygen atoms in total. The summed E-state index contributed by atoms with van der Waals surface area (Å²) in [6.45, 7) is 2.90. The normalized spacial score (nSPS) is 53.6. The van der Waals surface area contributed by atoms with Gasteiger partial charge in [0.2, 0.25) is 0 Å². The van der Waals surface area contributed by atoms with Crippen molar-refractivity contribution < 1.29 is 93.4 Å². The molecule has 0 aromatic rings. The maximum Gasteiger partial charge on any atom is 0.331 e. The molecule has 22 unspecified atom stereocenters. The fraction of sp³-hybridized carbons (Fsp3) is 0.905. The summed E-state index contributed by atoms with van der Waals surface area (Å²) in [6, 6.07) is 0. The van der Waals surface area contributed by atoms with Gasteiger partial charge in [0, 0.05) is 31.4 Å². The van der Waals surface area contributed by atoms with Crippen molar-refractivity contribution in [2.75, 3.05) is 26.9 Å². The number of esters is 1. The summed E-state index contributed by atoms with van der Waals surface area (Å²) in [6.07, 6.45) is -10.8. The average molecular weight is 873 g/mol. The minimum Gasteiger partial charge on any atom is -0.458 e. The van der Waals surface area contributed by atoms with E-state index >= 15 is 0 Å². The van der Waals surface area contributed by atoms with Crippen LogP contribution >= 0.6 is 0 Å². The third-order valence-electron chi connectivity index (χ3n) is 16.4. The average Bonchev–Trinajstić information content (AvgIpc) is 3.78. The first-order valence-corrected chi connectivity index (χ1v) is 21.8. The minimum absolute atomic E-state index is 0.00491. The van der Waals surface area contributed by atoms with Crippen LogP contribution in [-0.4, -0.2) is 183 Å². The Hall–Kier alpha value is -1.76. The number of ether oxygens (including phenoxy) is 8. The van der Waals surface area contributed by atoms with E-state index in [1.165, 1.54) is 7.11 Å². The molecule has 4 aliphatic carbocycles. The van der Waals surface area contributed by atoms with Gasteiger partial charge >= 0.3 is 5.97 Å². The zero-order valence-corrected chi connectivity index (χ0v) is 34.8. The van der Waals surface area contributed by atoms with Gasteiger partial charge in [0.05, 0.1) is 60.2 Å². The van der Waals surface area contributed by atoms with Crippen molar-refractivity contribution in [2.24, 2.45) is 34.5 Å². The number of fused-ring (bicyclic) bond motifs is 5. The highest BCUT2D eigenvalue weighted by molar-refractivity contribution is 5.85. The molecule has 0 amide bonds. The van der Waals surface area contributed by atoms with E-state index in [4.69, 9.17) is 37.9 Å². The largest absolute Gasteiger partial charge is 0.458 e. The molecule has 4 heterocycles. The van der Waals surface area contributed by atoms with Crippen LogP contribution in [0, 0.1) is 34.5 Å². The Morgan fingerprint density at radius 2 is 1.61 bits per heavy atom. The lowest BCUT2D eigenvalue weighted by Gasteiger charge is -2.65. The van der Waals surface area contributed by atoms with Gasteiger partial charge in [-0.25, -0.2) is 4.79 Å². The monoisotopic (exact) mass is 872 g/mol. The van der Waals surface area contributed by atoms with Crippen LogP contribution in [0.3, 0.4) is 0 Å². The first-order chi connectivity index (χ1) is 28.9. The topological polar surface area (TPSA) is 290 Å². The number of hydrogen-bond donors (Lipinski definition) is 9. The zero-order chi connectivity index (χ0) is 43.8. The van der Waals surface area contributed by atoms with E-state index in [0.29, 0.717) is 44.9 Å². The lowest BCUT2D eigenvalue weighted by Crippen LogP contribution is -2.69. The van der Waals surface area contributed by atoms with Crippen molar-refractivity contribution in [3.05, 3.63) is 11.6 Å². The van der Waals surface area contributed by atoms with E-state index in [2.05, 4.69) is 6.92 Å². The summed E-state index contributed by atoms with van der Waals surface area (Å²) in [7, 11) is 1.47. The summed E-state index contributed by atoms with van der Waals surface area (Å²) in [5.74, 6) is -1.93. The Morgan fingerprint density at radius 1 is 0.852 bits per heavy atom. The molecule has 0 aromatic carbocycles. The predicted octanol–water partition coefficient (Wildman–Crippen LogP) is -1.71. The molecule has 7 fully saturated rings. The number of hydrogen-bond acceptors (Lipinski definition) is 19. The van der Waals surface area contributed by atoms with Crippen LogP contribution in [0.15, 0.2) is 11.6 Å². The molecule has 0 radical (unpaired) electrons. The molecule has 19 heteroatoms. The third-order valence-corrected chi connectivity index (χ3v) is 16.4. The lowest BCUT2D eigenvalue weighted by molar-refractivity contribution is -0.361. The first-order valence-electron chi connectivity index (χ1n) is 21.8. The summed E-state index contributed by atoms with van der Waals surface area (Å²) in [4.78, 5) is 25.3. The van der Waals surface area contributed by atoms with Crippen molar-refractivity contribution in [1.82, 2.24) is 0 Å². The fourth-order valence-corrected chi connectivity index (χ4v) is 12.9. The minimum atomic E-state index is -1.82. The van der Waals surface area contributed by atoms with Crippen molar-refractivity contribution in [3.8, 4) is 0 Å². The number of carbonyl (C=O) groups excluding carboxylic acids is 2. The highest BCUT2D eigenvalue weighted by Gasteiger charge is 2.71. The molecule has 0 bridgehead atoms. The highest BCUT2D eigenvalue weighted by atomic mass is 16.8. The van der Waals surface area contributed by atoms with E-state index in [1.807, 2.05) is 0 Å². The molecular weight excluding hydrogens is 808 g/mol. The number of cyclic esters (lactones) is 1. The number of aldehydes is 1. The standard InChI is InChI=1S/C42H64O19/c1-19-35(60-38-34(50)32(48)31(47)27(59-38)17-56-37-22(15-43)30(46)33(49)36(51)61-37)26(54-3)13-29(57-19)58-21-4-9-40(18-44)24-5-8-39(2)23(20-12-28(45)55-16-20)7-11-42(39,53)25(24)6-10-41(40,52)14-21/h12,18-19,21-27,29-38,43,46-53H,4-11,13-17H2,1-3H3. The van der Waals surface area contributed by atoms with Crippen LogP contribution in [0.2, 0.25) is 0 Å². The van der Waals surface area contributed by atoms with Crippen molar-refractivity contribution in [3.63, 3.8) is 0 Å². The van der Waals surface area contributed by atoms with Gasteiger partial charge in [-0.2, -0.15) is 0 Å². The van der Waals surface area contributed by atoms with Gasteiger partial charge in [0.1, 0.15) is 49.5 Å². The molecule has 8 aliphatic rings. The maximum absolute atomic E-state index is 13.3. The Labute approximate surface area is 353 Å². The van der Waals surface area contributed by atoms with Crippen LogP contribution in [-0.2, 0) is 47.5 Å². The van der Waals surface area contributed by atoms with Crippen LogP contribution in [0.1, 0.15) is 78.1 Å². The quantitative estimate of drug-likeness (QED) is 0.0635. The van der Waals surface area contributed by atoms with Crippen LogP contribution in [0.5, 0.6) is 0 Å². The lowest BCUT2D eigenvalue weighted by atomic mass is 9.41. The molecule has 0 aromatic heterocycles. The number of methoxy groups -OCH3 is 1. The predicted molar refractivity (Wildman–Crippen MR) is 203 cm³/mol. The Bertz CT molecular complexity index is 1630. The number of aliphatic hydroxyl groups is 9. The number of carbonyl (C=O) groups is 2. The molecule has 4 aliphatic heterocycles. The molecule has 346 valence electrons. The summed E-state index contributed by atoms with van der Waals surface area (Å²) >= 11 is 0. The molecule has 8 rings (SSSR count). The fourth-order valence-electron chi connectivity index (χ4n) is 12.9. The number of aliphatic hydroxyl groups excluding tert-OH is 7. The van der Waals surface area contributed by atoms with Gasteiger partial charge in [-0.05, 0) is 81.6 Å². The van der Waals surface area contributed by atoms with Crippen LogP contribution in [0.25, 0.3) is 0 Å². The molecular formula is C42H64O19. The Morgan fingerprint density at radius 3 is 2.30 bits per heavy atom. The smallest absolute Gasteiger partial charge is 0.331 e. The van der Waals surface area contributed by atoms with Crippen molar-refractivity contribution >= 4 is 12.3 Å². The van der Waals surface area contributed by atoms with E-state index in [0.717, 1.165) is 18.3 Å². The summed E-state index contributed by atoms with van der Waals surface area (Å²) in [5, 5.41) is 97.3. The first kappa shape index (κ1) is 45.8.